The molecule has 1 heterocycles. The van der Waals surface area contributed by atoms with Gasteiger partial charge in [0, 0.05) is 13.2 Å². The van der Waals surface area contributed by atoms with Crippen molar-refractivity contribution in [3.05, 3.63) is 29.6 Å². The average Bonchev–Trinajstić information content (AvgIpc) is 2.35. The number of aryl methyl sites for hydroxylation is 1. The Bertz CT molecular complexity index is 450. The van der Waals surface area contributed by atoms with Gasteiger partial charge in [-0.05, 0) is 44.4 Å². The van der Waals surface area contributed by atoms with E-state index in [1.54, 1.807) is 6.07 Å². The van der Waals surface area contributed by atoms with Crippen LogP contribution in [0.25, 0.3) is 0 Å². The maximum absolute atomic E-state index is 13.5. The molecule has 18 heavy (non-hydrogen) atoms. The first kappa shape index (κ1) is 13.0. The van der Waals surface area contributed by atoms with E-state index >= 15 is 0 Å². The number of rotatable bonds is 2. The second kappa shape index (κ2) is 5.06. The van der Waals surface area contributed by atoms with Crippen molar-refractivity contribution in [2.45, 2.75) is 26.7 Å². The van der Waals surface area contributed by atoms with Gasteiger partial charge in [-0.2, -0.15) is 0 Å². The van der Waals surface area contributed by atoms with Crippen molar-refractivity contribution >= 4 is 5.97 Å². The van der Waals surface area contributed by atoms with Crippen molar-refractivity contribution in [2.75, 3.05) is 13.2 Å². The first-order valence-electron chi connectivity index (χ1n) is 6.07. The zero-order valence-electron chi connectivity index (χ0n) is 10.7. The van der Waals surface area contributed by atoms with Crippen LogP contribution in [0.15, 0.2) is 18.2 Å². The third kappa shape index (κ3) is 2.70. The molecule has 1 aliphatic heterocycles. The van der Waals surface area contributed by atoms with E-state index in [1.165, 1.54) is 12.1 Å². The predicted octanol–water partition coefficient (Wildman–Crippen LogP) is 2.86. The molecule has 0 N–H and O–H groups in total. The summed E-state index contributed by atoms with van der Waals surface area (Å²) in [6.45, 7) is 4.75. The molecule has 4 heteroatoms. The maximum Gasteiger partial charge on any atom is 0.317 e. The Hall–Kier alpha value is -1.42. The lowest BCUT2D eigenvalue weighted by Gasteiger charge is -2.30. The number of ether oxygens (including phenoxy) is 2. The van der Waals surface area contributed by atoms with Gasteiger partial charge in [0.25, 0.3) is 0 Å². The number of carbonyl (C=O) groups is 1. The Balaban J connectivity index is 2.13. The van der Waals surface area contributed by atoms with Gasteiger partial charge in [-0.1, -0.05) is 6.07 Å². The molecule has 1 aromatic rings. The van der Waals surface area contributed by atoms with E-state index in [1.807, 2.05) is 13.8 Å². The molecule has 3 nitrogen and oxygen atoms in total. The van der Waals surface area contributed by atoms with Gasteiger partial charge in [0.1, 0.15) is 0 Å². The van der Waals surface area contributed by atoms with Gasteiger partial charge in [-0.25, -0.2) is 4.39 Å². The lowest BCUT2D eigenvalue weighted by atomic mass is 9.82. The molecule has 1 aliphatic rings. The van der Waals surface area contributed by atoms with Gasteiger partial charge in [-0.3, -0.25) is 4.79 Å². The van der Waals surface area contributed by atoms with Crippen LogP contribution in [-0.4, -0.2) is 19.2 Å². The van der Waals surface area contributed by atoms with E-state index in [0.717, 1.165) is 5.56 Å². The van der Waals surface area contributed by atoms with Crippen LogP contribution in [0.5, 0.6) is 5.75 Å². The molecule has 0 bridgehead atoms. The average molecular weight is 252 g/mol. The highest BCUT2D eigenvalue weighted by atomic mass is 19.1. The Kier molecular flexibility index (Phi) is 3.66. The van der Waals surface area contributed by atoms with Crippen molar-refractivity contribution in [3.63, 3.8) is 0 Å². The standard InChI is InChI=1S/C14H17FO3/c1-10-3-4-11(15)12(9-10)18-13(16)14(2)5-7-17-8-6-14/h3-4,9H,5-8H2,1-2H3. The Labute approximate surface area is 106 Å². The van der Waals surface area contributed by atoms with E-state index in [2.05, 4.69) is 0 Å². The Morgan fingerprint density at radius 1 is 1.39 bits per heavy atom. The van der Waals surface area contributed by atoms with Crippen LogP contribution < -0.4 is 4.74 Å². The summed E-state index contributed by atoms with van der Waals surface area (Å²) in [6, 6.07) is 4.49. The van der Waals surface area contributed by atoms with E-state index in [9.17, 15) is 9.18 Å². The smallest absolute Gasteiger partial charge is 0.317 e. The fourth-order valence-electron chi connectivity index (χ4n) is 1.94. The molecule has 0 unspecified atom stereocenters. The fraction of sp³-hybridized carbons (Fsp3) is 0.500. The third-order valence-corrected chi connectivity index (χ3v) is 3.38. The van der Waals surface area contributed by atoms with Gasteiger partial charge < -0.3 is 9.47 Å². The van der Waals surface area contributed by atoms with E-state index in [0.29, 0.717) is 26.1 Å². The molecular formula is C14H17FO3. The minimum atomic E-state index is -0.575. The lowest BCUT2D eigenvalue weighted by Crippen LogP contribution is -2.37. The molecule has 0 aromatic heterocycles. The van der Waals surface area contributed by atoms with E-state index in [-0.39, 0.29) is 11.7 Å². The monoisotopic (exact) mass is 252 g/mol. The molecule has 98 valence electrons. The minimum Gasteiger partial charge on any atom is -0.423 e. The van der Waals surface area contributed by atoms with Crippen LogP contribution in [0.3, 0.4) is 0 Å². The zero-order chi connectivity index (χ0) is 13.2. The second-order valence-electron chi connectivity index (χ2n) is 5.00. The number of benzene rings is 1. The summed E-state index contributed by atoms with van der Waals surface area (Å²) >= 11 is 0. The van der Waals surface area contributed by atoms with Gasteiger partial charge in [0.2, 0.25) is 0 Å². The number of esters is 1. The topological polar surface area (TPSA) is 35.5 Å². The Morgan fingerprint density at radius 2 is 2.06 bits per heavy atom. The van der Waals surface area contributed by atoms with Crippen LogP contribution in [0, 0.1) is 18.2 Å². The molecule has 1 aromatic carbocycles. The van der Waals surface area contributed by atoms with Crippen LogP contribution >= 0.6 is 0 Å². The van der Waals surface area contributed by atoms with Crippen LogP contribution in [-0.2, 0) is 9.53 Å². The third-order valence-electron chi connectivity index (χ3n) is 3.38. The molecule has 2 rings (SSSR count). The quantitative estimate of drug-likeness (QED) is 0.599. The summed E-state index contributed by atoms with van der Waals surface area (Å²) in [4.78, 5) is 12.1. The largest absolute Gasteiger partial charge is 0.423 e. The Morgan fingerprint density at radius 3 is 2.72 bits per heavy atom. The van der Waals surface area contributed by atoms with Crippen molar-refractivity contribution in [3.8, 4) is 5.75 Å². The highest BCUT2D eigenvalue weighted by molar-refractivity contribution is 5.79. The highest BCUT2D eigenvalue weighted by Crippen LogP contribution is 2.32. The molecule has 1 fully saturated rings. The molecule has 0 radical (unpaired) electrons. The lowest BCUT2D eigenvalue weighted by molar-refractivity contribution is -0.150. The summed E-state index contributed by atoms with van der Waals surface area (Å²) in [5.41, 5.74) is 0.283. The summed E-state index contributed by atoms with van der Waals surface area (Å²) in [6.07, 6.45) is 1.22. The number of halogens is 1. The van der Waals surface area contributed by atoms with E-state index in [4.69, 9.17) is 9.47 Å². The van der Waals surface area contributed by atoms with Gasteiger partial charge >= 0.3 is 5.97 Å². The molecule has 0 saturated carbocycles. The number of hydrogen-bond acceptors (Lipinski definition) is 3. The van der Waals surface area contributed by atoms with Crippen molar-refractivity contribution in [2.24, 2.45) is 5.41 Å². The first-order chi connectivity index (χ1) is 8.51. The fourth-order valence-corrected chi connectivity index (χ4v) is 1.94. The van der Waals surface area contributed by atoms with Crippen LogP contribution in [0.1, 0.15) is 25.3 Å². The summed E-state index contributed by atoms with van der Waals surface area (Å²) in [7, 11) is 0. The van der Waals surface area contributed by atoms with Crippen molar-refractivity contribution in [1.82, 2.24) is 0 Å². The first-order valence-corrected chi connectivity index (χ1v) is 6.07. The molecule has 0 amide bonds. The summed E-state index contributed by atoms with van der Waals surface area (Å²) in [5, 5.41) is 0. The summed E-state index contributed by atoms with van der Waals surface area (Å²) < 4.78 is 23.9. The van der Waals surface area contributed by atoms with E-state index < -0.39 is 11.2 Å². The van der Waals surface area contributed by atoms with Gasteiger partial charge in [0.05, 0.1) is 5.41 Å². The van der Waals surface area contributed by atoms with Gasteiger partial charge in [0.15, 0.2) is 11.6 Å². The highest BCUT2D eigenvalue weighted by Gasteiger charge is 2.37. The van der Waals surface area contributed by atoms with Crippen LogP contribution in [0.2, 0.25) is 0 Å². The van der Waals surface area contributed by atoms with Crippen molar-refractivity contribution in [1.29, 1.82) is 0 Å². The normalized spacial score (nSPS) is 18.4. The SMILES string of the molecule is Cc1ccc(F)c(OC(=O)C2(C)CCOCC2)c1. The zero-order valence-corrected chi connectivity index (χ0v) is 10.7. The van der Waals surface area contributed by atoms with Crippen LogP contribution in [0.4, 0.5) is 4.39 Å². The maximum atomic E-state index is 13.5. The molecular weight excluding hydrogens is 235 g/mol. The molecule has 0 atom stereocenters. The molecule has 0 aliphatic carbocycles. The molecule has 1 saturated heterocycles. The van der Waals surface area contributed by atoms with Gasteiger partial charge in [-0.15, -0.1) is 0 Å². The summed E-state index contributed by atoms with van der Waals surface area (Å²) in [5.74, 6) is -0.882. The predicted molar refractivity (Wildman–Crippen MR) is 64.9 cm³/mol. The van der Waals surface area contributed by atoms with Crippen molar-refractivity contribution < 1.29 is 18.7 Å². The molecule has 0 spiro atoms. The number of hydrogen-bond donors (Lipinski definition) is 0. The second-order valence-corrected chi connectivity index (χ2v) is 5.00. The number of carbonyl (C=O) groups excluding carboxylic acids is 1. The minimum absolute atomic E-state index is 0.00715.